The minimum Gasteiger partial charge on any atom is -0.496 e. The van der Waals surface area contributed by atoms with Crippen LogP contribution in [0.25, 0.3) is 0 Å². The lowest BCUT2D eigenvalue weighted by molar-refractivity contribution is -0.138. The quantitative estimate of drug-likeness (QED) is 0.794. The number of halogens is 3. The molecule has 1 aliphatic heterocycles. The van der Waals surface area contributed by atoms with Gasteiger partial charge in [-0.1, -0.05) is 6.07 Å². The molecule has 1 amide bonds. The van der Waals surface area contributed by atoms with Gasteiger partial charge in [-0.2, -0.15) is 13.2 Å². The van der Waals surface area contributed by atoms with Crippen molar-refractivity contribution in [1.82, 2.24) is 4.90 Å². The summed E-state index contributed by atoms with van der Waals surface area (Å²) in [7, 11) is 1.37. The molecule has 0 aromatic heterocycles. The summed E-state index contributed by atoms with van der Waals surface area (Å²) in [6.07, 6.45) is -3.97. The van der Waals surface area contributed by atoms with Gasteiger partial charge >= 0.3 is 12.3 Å². The summed E-state index contributed by atoms with van der Waals surface area (Å²) < 4.78 is 49.9. The molecule has 0 bridgehead atoms. The molecule has 1 aromatic carbocycles. The van der Waals surface area contributed by atoms with Gasteiger partial charge in [-0.05, 0) is 51.7 Å². The van der Waals surface area contributed by atoms with Crippen LogP contribution in [0.2, 0.25) is 0 Å². The van der Waals surface area contributed by atoms with Crippen LogP contribution in [-0.4, -0.2) is 36.8 Å². The SMILES string of the molecule is COc1cccc(C(F)(F)F)c1CCC1CN(C(=O)OC(C)(C)C)C1. The van der Waals surface area contributed by atoms with Gasteiger partial charge in [-0.3, -0.25) is 0 Å². The highest BCUT2D eigenvalue weighted by Gasteiger charge is 2.36. The topological polar surface area (TPSA) is 38.8 Å². The van der Waals surface area contributed by atoms with E-state index in [9.17, 15) is 18.0 Å². The van der Waals surface area contributed by atoms with Crippen LogP contribution in [0.3, 0.4) is 0 Å². The molecule has 25 heavy (non-hydrogen) atoms. The second-order valence-corrected chi connectivity index (χ2v) is 7.27. The molecule has 1 fully saturated rings. The van der Waals surface area contributed by atoms with Crippen molar-refractivity contribution >= 4 is 6.09 Å². The number of likely N-dealkylation sites (tertiary alicyclic amines) is 1. The van der Waals surface area contributed by atoms with Crippen molar-refractivity contribution in [3.05, 3.63) is 29.3 Å². The smallest absolute Gasteiger partial charge is 0.416 e. The summed E-state index contributed by atoms with van der Waals surface area (Å²) in [5, 5.41) is 0. The van der Waals surface area contributed by atoms with E-state index in [1.807, 2.05) is 0 Å². The maximum atomic E-state index is 13.2. The van der Waals surface area contributed by atoms with Crippen molar-refractivity contribution < 1.29 is 27.4 Å². The lowest BCUT2D eigenvalue weighted by atomic mass is 9.91. The van der Waals surface area contributed by atoms with Gasteiger partial charge in [-0.25, -0.2) is 4.79 Å². The monoisotopic (exact) mass is 359 g/mol. The van der Waals surface area contributed by atoms with Crippen LogP contribution < -0.4 is 4.74 Å². The fraction of sp³-hybridized carbons (Fsp3) is 0.611. The highest BCUT2D eigenvalue weighted by Crippen LogP contribution is 2.37. The molecule has 0 atom stereocenters. The molecule has 1 aromatic rings. The number of alkyl halides is 3. The first-order valence-corrected chi connectivity index (χ1v) is 8.22. The highest BCUT2D eigenvalue weighted by molar-refractivity contribution is 5.69. The van der Waals surface area contributed by atoms with E-state index in [1.54, 1.807) is 31.7 Å². The molecule has 1 saturated heterocycles. The predicted octanol–water partition coefficient (Wildman–Crippen LogP) is 4.51. The lowest BCUT2D eigenvalue weighted by Crippen LogP contribution is -2.51. The third-order valence-corrected chi connectivity index (χ3v) is 4.07. The molecule has 0 radical (unpaired) electrons. The molecule has 0 unspecified atom stereocenters. The Morgan fingerprint density at radius 3 is 2.40 bits per heavy atom. The standard InChI is InChI=1S/C18H24F3NO3/c1-17(2,3)25-16(23)22-10-12(11-22)8-9-13-14(18(19,20)21)6-5-7-15(13)24-4/h5-7,12H,8-11H2,1-4H3. The van der Waals surface area contributed by atoms with E-state index in [1.165, 1.54) is 13.2 Å². The van der Waals surface area contributed by atoms with Crippen molar-refractivity contribution in [2.45, 2.75) is 45.4 Å². The Morgan fingerprint density at radius 2 is 1.88 bits per heavy atom. The third kappa shape index (κ3) is 5.03. The predicted molar refractivity (Wildman–Crippen MR) is 87.6 cm³/mol. The van der Waals surface area contributed by atoms with Gasteiger partial charge < -0.3 is 14.4 Å². The number of carbonyl (C=O) groups is 1. The molecular weight excluding hydrogens is 335 g/mol. The molecule has 140 valence electrons. The Bertz CT molecular complexity index is 617. The van der Waals surface area contributed by atoms with Crippen molar-refractivity contribution in [2.75, 3.05) is 20.2 Å². The largest absolute Gasteiger partial charge is 0.496 e. The fourth-order valence-electron chi connectivity index (χ4n) is 2.86. The molecule has 1 heterocycles. The van der Waals surface area contributed by atoms with Crippen molar-refractivity contribution in [3.63, 3.8) is 0 Å². The molecule has 4 nitrogen and oxygen atoms in total. The summed E-state index contributed by atoms with van der Waals surface area (Å²) in [5.41, 5.74) is -1.04. The summed E-state index contributed by atoms with van der Waals surface area (Å²) in [6, 6.07) is 3.96. The van der Waals surface area contributed by atoms with Crippen molar-refractivity contribution in [1.29, 1.82) is 0 Å². The zero-order valence-corrected chi connectivity index (χ0v) is 14.9. The number of nitrogens with zero attached hydrogens (tertiary/aromatic N) is 1. The Balaban J connectivity index is 1.95. The Hall–Kier alpha value is -1.92. The van der Waals surface area contributed by atoms with Gasteiger partial charge in [-0.15, -0.1) is 0 Å². The Kier molecular flexibility index (Phi) is 5.54. The van der Waals surface area contributed by atoms with Gasteiger partial charge in [0.25, 0.3) is 0 Å². The molecule has 0 saturated carbocycles. The normalized spacial score (nSPS) is 15.7. The first-order valence-electron chi connectivity index (χ1n) is 8.22. The number of amides is 1. The van der Waals surface area contributed by atoms with Gasteiger partial charge in [0.05, 0.1) is 12.7 Å². The van der Waals surface area contributed by atoms with E-state index < -0.39 is 17.3 Å². The maximum Gasteiger partial charge on any atom is 0.416 e. The van der Waals surface area contributed by atoms with E-state index in [-0.39, 0.29) is 29.7 Å². The zero-order valence-electron chi connectivity index (χ0n) is 14.9. The van der Waals surface area contributed by atoms with E-state index in [2.05, 4.69) is 0 Å². The van der Waals surface area contributed by atoms with E-state index >= 15 is 0 Å². The number of ether oxygens (including phenoxy) is 2. The highest BCUT2D eigenvalue weighted by atomic mass is 19.4. The minimum absolute atomic E-state index is 0.165. The number of hydrogen-bond acceptors (Lipinski definition) is 3. The second-order valence-electron chi connectivity index (χ2n) is 7.27. The van der Waals surface area contributed by atoms with Gasteiger partial charge in [0.1, 0.15) is 11.4 Å². The second kappa shape index (κ2) is 7.14. The van der Waals surface area contributed by atoms with Crippen LogP contribution in [-0.2, 0) is 17.3 Å². The van der Waals surface area contributed by atoms with E-state index in [0.29, 0.717) is 19.5 Å². The maximum absolute atomic E-state index is 13.2. The van der Waals surface area contributed by atoms with Crippen LogP contribution >= 0.6 is 0 Å². The molecule has 0 spiro atoms. The van der Waals surface area contributed by atoms with E-state index in [4.69, 9.17) is 9.47 Å². The number of rotatable bonds is 4. The van der Waals surface area contributed by atoms with Crippen LogP contribution in [0.15, 0.2) is 18.2 Å². The molecule has 1 aliphatic rings. The van der Waals surface area contributed by atoms with E-state index in [0.717, 1.165) is 6.07 Å². The van der Waals surface area contributed by atoms with Gasteiger partial charge in [0.2, 0.25) is 0 Å². The van der Waals surface area contributed by atoms with Crippen molar-refractivity contribution in [3.8, 4) is 5.75 Å². The molecular formula is C18H24F3NO3. The number of benzene rings is 1. The van der Waals surface area contributed by atoms with Gasteiger partial charge in [0, 0.05) is 18.7 Å². The van der Waals surface area contributed by atoms with Gasteiger partial charge in [0.15, 0.2) is 0 Å². The van der Waals surface area contributed by atoms with Crippen LogP contribution in [0, 0.1) is 5.92 Å². The molecule has 0 aliphatic carbocycles. The summed E-state index contributed by atoms with van der Waals surface area (Å²) in [5.74, 6) is 0.414. The number of hydrogen-bond donors (Lipinski definition) is 0. The third-order valence-electron chi connectivity index (χ3n) is 4.07. The average molecular weight is 359 g/mol. The van der Waals surface area contributed by atoms with Crippen LogP contribution in [0.1, 0.15) is 38.3 Å². The summed E-state index contributed by atoms with van der Waals surface area (Å²) >= 11 is 0. The zero-order chi connectivity index (χ0) is 18.8. The average Bonchev–Trinajstić information content (AvgIpc) is 2.42. The Morgan fingerprint density at radius 1 is 1.24 bits per heavy atom. The Labute approximate surface area is 145 Å². The molecule has 7 heteroatoms. The first kappa shape index (κ1) is 19.4. The number of carbonyl (C=O) groups excluding carboxylic acids is 1. The molecule has 0 N–H and O–H groups in total. The molecule has 2 rings (SSSR count). The summed E-state index contributed by atoms with van der Waals surface area (Å²) in [4.78, 5) is 13.5. The first-order chi connectivity index (χ1) is 11.5. The summed E-state index contributed by atoms with van der Waals surface area (Å²) in [6.45, 7) is 6.39. The van der Waals surface area contributed by atoms with Crippen LogP contribution in [0.4, 0.5) is 18.0 Å². The minimum atomic E-state index is -4.41. The fourth-order valence-corrected chi connectivity index (χ4v) is 2.86. The number of methoxy groups -OCH3 is 1. The lowest BCUT2D eigenvalue weighted by Gasteiger charge is -2.40. The van der Waals surface area contributed by atoms with Crippen molar-refractivity contribution in [2.24, 2.45) is 5.92 Å². The van der Waals surface area contributed by atoms with Crippen LogP contribution in [0.5, 0.6) is 5.75 Å².